The zero-order chi connectivity index (χ0) is 12.7. The van der Waals surface area contributed by atoms with Gasteiger partial charge >= 0.3 is 0 Å². The van der Waals surface area contributed by atoms with Gasteiger partial charge in [-0.3, -0.25) is 0 Å². The van der Waals surface area contributed by atoms with Gasteiger partial charge in [-0.05, 0) is 34.1 Å². The number of imidazole rings is 1. The average Bonchev–Trinajstić information content (AvgIpc) is 2.74. The zero-order valence-corrected chi connectivity index (χ0v) is 11.3. The Hall–Kier alpha value is -1.66. The second-order valence-corrected chi connectivity index (χ2v) is 4.96. The van der Waals surface area contributed by atoms with Gasteiger partial charge in [0.1, 0.15) is 17.7 Å². The molecule has 5 nitrogen and oxygen atoms in total. The van der Waals surface area contributed by atoms with Gasteiger partial charge in [-0.1, -0.05) is 11.6 Å². The first kappa shape index (κ1) is 11.4. The Morgan fingerprint density at radius 2 is 2.11 bits per heavy atom. The predicted octanol–water partition coefficient (Wildman–Crippen LogP) is 3.02. The third-order valence-electron chi connectivity index (χ3n) is 2.50. The van der Waals surface area contributed by atoms with E-state index < -0.39 is 0 Å². The summed E-state index contributed by atoms with van der Waals surface area (Å²) in [5.74, 6) is 1.05. The molecule has 0 radical (unpaired) electrons. The molecule has 2 aromatic heterocycles. The summed E-state index contributed by atoms with van der Waals surface area (Å²) in [6.07, 6.45) is 1.39. The molecule has 3 rings (SSSR count). The molecule has 0 unspecified atom stereocenters. The van der Waals surface area contributed by atoms with E-state index in [1.807, 2.05) is 6.07 Å². The number of aromatic amines is 1. The van der Waals surface area contributed by atoms with Crippen LogP contribution in [0.2, 0.25) is 5.02 Å². The quantitative estimate of drug-likeness (QED) is 0.721. The van der Waals surface area contributed by atoms with Crippen LogP contribution in [0.15, 0.2) is 29.0 Å². The lowest BCUT2D eigenvalue weighted by Gasteiger charge is -2.00. The monoisotopic (exact) mass is 323 g/mol. The molecule has 0 bridgehead atoms. The van der Waals surface area contributed by atoms with Crippen LogP contribution >= 0.6 is 27.5 Å². The van der Waals surface area contributed by atoms with E-state index in [1.165, 1.54) is 6.33 Å². The van der Waals surface area contributed by atoms with Crippen LogP contribution in [-0.4, -0.2) is 19.9 Å². The Balaban J connectivity index is 2.23. The smallest absolute Gasteiger partial charge is 0.183 e. The van der Waals surface area contributed by atoms with E-state index in [-0.39, 0.29) is 0 Å². The first-order valence-electron chi connectivity index (χ1n) is 5.07. The summed E-state index contributed by atoms with van der Waals surface area (Å²) in [4.78, 5) is 15.5. The van der Waals surface area contributed by atoms with Crippen molar-refractivity contribution < 1.29 is 0 Å². The van der Waals surface area contributed by atoms with Crippen LogP contribution in [0.3, 0.4) is 0 Å². The predicted molar refractivity (Wildman–Crippen MR) is 74.2 cm³/mol. The van der Waals surface area contributed by atoms with E-state index >= 15 is 0 Å². The van der Waals surface area contributed by atoms with Gasteiger partial charge in [0.05, 0.1) is 0 Å². The molecule has 3 aromatic rings. The van der Waals surface area contributed by atoms with Crippen molar-refractivity contribution in [2.75, 3.05) is 5.73 Å². The van der Waals surface area contributed by atoms with Crippen LogP contribution in [0.4, 0.5) is 5.82 Å². The summed E-state index contributed by atoms with van der Waals surface area (Å²) in [6.45, 7) is 0. The molecule has 0 aliphatic rings. The van der Waals surface area contributed by atoms with Crippen molar-refractivity contribution in [3.63, 3.8) is 0 Å². The molecule has 0 spiro atoms. The summed E-state index contributed by atoms with van der Waals surface area (Å²) in [6, 6.07) is 5.47. The maximum Gasteiger partial charge on any atom is 0.183 e. The molecule has 0 aliphatic carbocycles. The molecule has 3 N–H and O–H groups in total. The SMILES string of the molecule is Nc1ncnc2nc(-c3ccc(Cl)cc3Br)[nH]c12. The van der Waals surface area contributed by atoms with E-state index in [1.54, 1.807) is 12.1 Å². The number of nitrogen functional groups attached to an aromatic ring is 1. The van der Waals surface area contributed by atoms with Gasteiger partial charge in [0.15, 0.2) is 11.5 Å². The first-order chi connectivity index (χ1) is 8.65. The number of anilines is 1. The van der Waals surface area contributed by atoms with Gasteiger partial charge in [0.25, 0.3) is 0 Å². The fourth-order valence-corrected chi connectivity index (χ4v) is 2.53. The molecule has 7 heteroatoms. The second-order valence-electron chi connectivity index (χ2n) is 3.67. The molecule has 2 heterocycles. The van der Waals surface area contributed by atoms with E-state index in [0.29, 0.717) is 27.8 Å². The summed E-state index contributed by atoms with van der Waals surface area (Å²) < 4.78 is 0.848. The minimum atomic E-state index is 0.379. The Morgan fingerprint density at radius 1 is 1.28 bits per heavy atom. The van der Waals surface area contributed by atoms with Crippen molar-refractivity contribution in [2.24, 2.45) is 0 Å². The van der Waals surface area contributed by atoms with Crippen molar-refractivity contribution in [3.8, 4) is 11.4 Å². The Kier molecular flexibility index (Phi) is 2.68. The number of nitrogens with zero attached hydrogens (tertiary/aromatic N) is 3. The summed E-state index contributed by atoms with van der Waals surface area (Å²) in [5.41, 5.74) is 7.82. The number of nitrogens with one attached hydrogen (secondary N) is 1. The molecule has 0 saturated carbocycles. The summed E-state index contributed by atoms with van der Waals surface area (Å²) in [7, 11) is 0. The van der Waals surface area contributed by atoms with Gasteiger partial charge in [-0.25, -0.2) is 15.0 Å². The number of hydrogen-bond donors (Lipinski definition) is 2. The maximum atomic E-state index is 5.91. The zero-order valence-electron chi connectivity index (χ0n) is 8.98. The molecule has 0 aliphatic heterocycles. The maximum absolute atomic E-state index is 5.91. The number of fused-ring (bicyclic) bond motifs is 1. The Morgan fingerprint density at radius 3 is 2.83 bits per heavy atom. The second kappa shape index (κ2) is 4.22. The van der Waals surface area contributed by atoms with Crippen molar-refractivity contribution in [1.82, 2.24) is 19.9 Å². The highest BCUT2D eigenvalue weighted by Crippen LogP contribution is 2.30. The Bertz CT molecular complexity index is 739. The van der Waals surface area contributed by atoms with Crippen LogP contribution in [0.1, 0.15) is 0 Å². The standard InChI is InChI=1S/C11H7BrClN5/c12-7-3-5(13)1-2-6(7)10-17-8-9(14)15-4-16-11(8)18-10/h1-4H,(H3,14,15,16,17,18). The lowest BCUT2D eigenvalue weighted by Crippen LogP contribution is -1.91. The molecule has 0 saturated heterocycles. The molecular formula is C11H7BrClN5. The fourth-order valence-electron chi connectivity index (χ4n) is 1.66. The van der Waals surface area contributed by atoms with Crippen molar-refractivity contribution >= 4 is 44.5 Å². The molecule has 1 aromatic carbocycles. The van der Waals surface area contributed by atoms with Gasteiger partial charge in [-0.15, -0.1) is 0 Å². The van der Waals surface area contributed by atoms with E-state index in [0.717, 1.165) is 10.0 Å². The van der Waals surface area contributed by atoms with E-state index in [9.17, 15) is 0 Å². The number of halogens is 2. The highest BCUT2D eigenvalue weighted by atomic mass is 79.9. The number of nitrogens with two attached hydrogens (primary N) is 1. The molecular weight excluding hydrogens is 318 g/mol. The summed E-state index contributed by atoms with van der Waals surface area (Å²) >= 11 is 9.35. The highest BCUT2D eigenvalue weighted by molar-refractivity contribution is 9.10. The molecule has 0 amide bonds. The van der Waals surface area contributed by atoms with Gasteiger partial charge in [0.2, 0.25) is 0 Å². The first-order valence-corrected chi connectivity index (χ1v) is 6.24. The molecule has 18 heavy (non-hydrogen) atoms. The van der Waals surface area contributed by atoms with Crippen LogP contribution < -0.4 is 5.73 Å². The van der Waals surface area contributed by atoms with Gasteiger partial charge in [-0.2, -0.15) is 0 Å². The molecule has 90 valence electrons. The normalized spacial score (nSPS) is 11.0. The number of H-pyrrole nitrogens is 1. The average molecular weight is 325 g/mol. The third-order valence-corrected chi connectivity index (χ3v) is 3.40. The minimum absolute atomic E-state index is 0.379. The Labute approximate surface area is 116 Å². The van der Waals surface area contributed by atoms with Crippen LogP contribution in [-0.2, 0) is 0 Å². The number of rotatable bonds is 1. The highest BCUT2D eigenvalue weighted by Gasteiger charge is 2.11. The van der Waals surface area contributed by atoms with E-state index in [4.69, 9.17) is 17.3 Å². The molecule has 0 fully saturated rings. The lowest BCUT2D eigenvalue weighted by atomic mass is 10.2. The van der Waals surface area contributed by atoms with E-state index in [2.05, 4.69) is 35.9 Å². The third kappa shape index (κ3) is 1.83. The molecule has 0 atom stereocenters. The minimum Gasteiger partial charge on any atom is -0.382 e. The van der Waals surface area contributed by atoms with Crippen molar-refractivity contribution in [2.45, 2.75) is 0 Å². The summed E-state index contributed by atoms with van der Waals surface area (Å²) in [5, 5.41) is 0.654. The topological polar surface area (TPSA) is 80.5 Å². The van der Waals surface area contributed by atoms with Crippen molar-refractivity contribution in [1.29, 1.82) is 0 Å². The van der Waals surface area contributed by atoms with Crippen LogP contribution in [0, 0.1) is 0 Å². The van der Waals surface area contributed by atoms with Crippen LogP contribution in [0.25, 0.3) is 22.6 Å². The number of aromatic nitrogens is 4. The number of hydrogen-bond acceptors (Lipinski definition) is 4. The van der Waals surface area contributed by atoms with Gasteiger partial charge in [0, 0.05) is 15.1 Å². The van der Waals surface area contributed by atoms with Crippen LogP contribution in [0.5, 0.6) is 0 Å². The lowest BCUT2D eigenvalue weighted by molar-refractivity contribution is 1.21. The van der Waals surface area contributed by atoms with Crippen molar-refractivity contribution in [3.05, 3.63) is 34.0 Å². The fraction of sp³-hybridized carbons (Fsp3) is 0. The number of benzene rings is 1. The largest absolute Gasteiger partial charge is 0.382 e. The van der Waals surface area contributed by atoms with Gasteiger partial charge < -0.3 is 10.7 Å².